The van der Waals surface area contributed by atoms with Crippen molar-refractivity contribution in [2.45, 2.75) is 19.8 Å². The van der Waals surface area contributed by atoms with Crippen molar-refractivity contribution in [3.05, 3.63) is 56.4 Å². The minimum atomic E-state index is 0. The molecule has 0 nitrogen and oxygen atoms in total. The van der Waals surface area contributed by atoms with Gasteiger partial charge >= 0.3 is 101 Å². The Morgan fingerprint density at radius 1 is 1.25 bits per heavy atom. The third-order valence-electron chi connectivity index (χ3n) is 2.51. The molecule has 1 aromatic rings. The molecular weight excluding hydrogens is 285 g/mol. The van der Waals surface area contributed by atoms with Gasteiger partial charge in [-0.25, -0.2) is 0 Å². The monoisotopic (exact) mass is 299 g/mol. The minimum absolute atomic E-state index is 0. The van der Waals surface area contributed by atoms with E-state index in [1.165, 1.54) is 23.1 Å². The molecule has 0 aromatic heterocycles. The van der Waals surface area contributed by atoms with Gasteiger partial charge in [0.25, 0.3) is 0 Å². The van der Waals surface area contributed by atoms with E-state index in [2.05, 4.69) is 43.3 Å². The van der Waals surface area contributed by atoms with Gasteiger partial charge in [0.15, 0.2) is 0 Å². The van der Waals surface area contributed by atoms with Crippen LogP contribution in [-0.4, -0.2) is 0 Å². The number of allylic oxidation sites excluding steroid dienone is 4. The standard InChI is InChI=1S/C13H13.2FH.Zr/c1-11-5-4-8-13(9-11)10-12-6-2-3-7-12;;;/h2,4-6,8-9H,3,10H2,1H3;2*1H;. The first kappa shape index (κ1) is 15.4. The van der Waals surface area contributed by atoms with E-state index in [0.29, 0.717) is 0 Å². The van der Waals surface area contributed by atoms with Gasteiger partial charge in [-0.15, -0.1) is 0 Å². The number of hydrogen-bond acceptors (Lipinski definition) is 0. The summed E-state index contributed by atoms with van der Waals surface area (Å²) in [6.45, 7) is 2.15. The van der Waals surface area contributed by atoms with Crippen molar-refractivity contribution in [1.82, 2.24) is 0 Å². The summed E-state index contributed by atoms with van der Waals surface area (Å²) in [7, 11) is 0. The fraction of sp³-hybridized carbons (Fsp3) is 0.231. The van der Waals surface area contributed by atoms with Gasteiger partial charge < -0.3 is 0 Å². The average Bonchev–Trinajstić information content (AvgIpc) is 2.52. The average molecular weight is 300 g/mol. The molecule has 0 radical (unpaired) electrons. The van der Waals surface area contributed by atoms with Crippen molar-refractivity contribution in [1.29, 1.82) is 0 Å². The molecule has 85 valence electrons. The molecule has 1 aromatic carbocycles. The molecule has 3 heteroatoms. The summed E-state index contributed by atoms with van der Waals surface area (Å²) in [5, 5.41) is 0. The fourth-order valence-electron chi connectivity index (χ4n) is 1.76. The van der Waals surface area contributed by atoms with E-state index < -0.39 is 0 Å². The van der Waals surface area contributed by atoms with Gasteiger partial charge in [-0.05, 0) is 0 Å². The Hall–Kier alpha value is -0.557. The number of hydrogen-bond donors (Lipinski definition) is 0. The number of halogens is 2. The van der Waals surface area contributed by atoms with E-state index in [1.54, 1.807) is 28.0 Å². The summed E-state index contributed by atoms with van der Waals surface area (Å²) in [6.07, 6.45) is 6.85. The molecule has 0 unspecified atom stereocenters. The van der Waals surface area contributed by atoms with Gasteiger partial charge in [0.1, 0.15) is 0 Å². The van der Waals surface area contributed by atoms with E-state index in [1.807, 2.05) is 0 Å². The van der Waals surface area contributed by atoms with Gasteiger partial charge in [0, 0.05) is 0 Å². The Balaban J connectivity index is 0.00000112. The molecule has 0 saturated heterocycles. The molecular formula is C13H15F2Zr. The van der Waals surface area contributed by atoms with Gasteiger partial charge in [-0.2, -0.15) is 0 Å². The molecule has 2 rings (SSSR count). The van der Waals surface area contributed by atoms with Crippen molar-refractivity contribution in [2.75, 3.05) is 0 Å². The third-order valence-corrected chi connectivity index (χ3v) is 3.80. The number of aryl methyl sites for hydroxylation is 1. The smallest absolute Gasteiger partial charge is 0.269 e. The zero-order valence-electron chi connectivity index (χ0n) is 9.19. The van der Waals surface area contributed by atoms with Crippen molar-refractivity contribution >= 4 is 0 Å². The molecule has 1 aliphatic rings. The summed E-state index contributed by atoms with van der Waals surface area (Å²) in [5.74, 6) is 0. The van der Waals surface area contributed by atoms with Gasteiger partial charge in [-0.1, -0.05) is 0 Å². The number of benzene rings is 1. The second kappa shape index (κ2) is 6.90. The Labute approximate surface area is 110 Å². The Bertz CT molecular complexity index is 408. The van der Waals surface area contributed by atoms with Gasteiger partial charge in [-0.3, -0.25) is 9.41 Å². The SMILES string of the molecule is Cc1cccc(CC2=[C]([Zr])CC=C2)c1.F.F. The molecule has 0 spiro atoms. The molecule has 0 amide bonds. The summed E-state index contributed by atoms with van der Waals surface area (Å²) in [5.41, 5.74) is 4.33. The van der Waals surface area contributed by atoms with Crippen LogP contribution in [0, 0.1) is 6.92 Å². The predicted molar refractivity (Wildman–Crippen MR) is 60.7 cm³/mol. The van der Waals surface area contributed by atoms with Crippen LogP contribution in [0.3, 0.4) is 0 Å². The van der Waals surface area contributed by atoms with Crippen molar-refractivity contribution in [3.63, 3.8) is 0 Å². The van der Waals surface area contributed by atoms with Crippen LogP contribution in [0.4, 0.5) is 9.41 Å². The maximum atomic E-state index is 2.28. The summed E-state index contributed by atoms with van der Waals surface area (Å²) in [6, 6.07) is 8.80. The minimum Gasteiger partial charge on any atom is -0.269 e. The van der Waals surface area contributed by atoms with Crippen LogP contribution in [0.2, 0.25) is 0 Å². The molecule has 0 bridgehead atoms. The Morgan fingerprint density at radius 3 is 2.56 bits per heavy atom. The fourth-order valence-corrected chi connectivity index (χ4v) is 2.47. The van der Waals surface area contributed by atoms with Gasteiger partial charge in [0.05, 0.1) is 0 Å². The van der Waals surface area contributed by atoms with Crippen LogP contribution in [-0.2, 0) is 31.1 Å². The van der Waals surface area contributed by atoms with E-state index in [0.717, 1.165) is 6.42 Å². The summed E-state index contributed by atoms with van der Waals surface area (Å²) < 4.78 is 1.61. The van der Waals surface area contributed by atoms with Crippen LogP contribution < -0.4 is 0 Å². The normalized spacial score (nSPS) is 13.2. The van der Waals surface area contributed by atoms with Crippen LogP contribution in [0.5, 0.6) is 0 Å². The largest absolute Gasteiger partial charge is 0.269 e. The maximum Gasteiger partial charge on any atom is -0.269 e. The van der Waals surface area contributed by atoms with Crippen molar-refractivity contribution < 1.29 is 34.1 Å². The van der Waals surface area contributed by atoms with Crippen molar-refractivity contribution in [3.8, 4) is 0 Å². The first-order valence-electron chi connectivity index (χ1n) is 4.91. The van der Waals surface area contributed by atoms with Crippen LogP contribution >= 0.6 is 0 Å². The maximum absolute atomic E-state index is 2.28. The molecule has 0 atom stereocenters. The van der Waals surface area contributed by atoms with Crippen molar-refractivity contribution in [2.24, 2.45) is 0 Å². The van der Waals surface area contributed by atoms with E-state index in [4.69, 9.17) is 0 Å². The van der Waals surface area contributed by atoms with E-state index >= 15 is 0 Å². The predicted octanol–water partition coefficient (Wildman–Crippen LogP) is 3.60. The van der Waals surface area contributed by atoms with Gasteiger partial charge in [0.2, 0.25) is 0 Å². The molecule has 0 aliphatic heterocycles. The molecule has 0 heterocycles. The molecule has 0 fully saturated rings. The molecule has 0 N–H and O–H groups in total. The first-order chi connectivity index (χ1) is 6.75. The third kappa shape index (κ3) is 3.79. The Morgan fingerprint density at radius 2 is 2.00 bits per heavy atom. The first-order valence-corrected chi connectivity index (χ1v) is 6.14. The summed E-state index contributed by atoms with van der Waals surface area (Å²) in [4.78, 5) is 0. The Kier molecular flexibility index (Phi) is 6.66. The van der Waals surface area contributed by atoms with E-state index in [9.17, 15) is 0 Å². The zero-order valence-corrected chi connectivity index (χ0v) is 11.7. The summed E-state index contributed by atoms with van der Waals surface area (Å²) >= 11 is 1.57. The van der Waals surface area contributed by atoms with Crippen LogP contribution in [0.15, 0.2) is 45.3 Å². The van der Waals surface area contributed by atoms with Crippen LogP contribution in [0.1, 0.15) is 17.5 Å². The topological polar surface area (TPSA) is 0 Å². The van der Waals surface area contributed by atoms with E-state index in [-0.39, 0.29) is 9.41 Å². The number of rotatable bonds is 2. The van der Waals surface area contributed by atoms with Crippen LogP contribution in [0.25, 0.3) is 0 Å². The second-order valence-electron chi connectivity index (χ2n) is 3.78. The molecule has 1 aliphatic carbocycles. The molecule has 0 saturated carbocycles. The zero-order chi connectivity index (χ0) is 9.97. The second-order valence-corrected chi connectivity index (χ2v) is 5.26. The quantitative estimate of drug-likeness (QED) is 0.783. The molecule has 16 heavy (non-hydrogen) atoms.